The first-order chi connectivity index (χ1) is 15.3. The lowest BCUT2D eigenvalue weighted by Crippen LogP contribution is -2.30. The number of hydrogen-bond acceptors (Lipinski definition) is 7. The predicted octanol–water partition coefficient (Wildman–Crippen LogP) is 4.23. The molecule has 0 aliphatic heterocycles. The number of benzene rings is 2. The number of anilines is 1. The van der Waals surface area contributed by atoms with E-state index < -0.39 is 5.25 Å². The number of aromatic hydroxyl groups is 1. The number of hydrogen-bond donors (Lipinski definition) is 3. The van der Waals surface area contributed by atoms with Crippen LogP contribution in [0.4, 0.5) is 5.82 Å². The number of nitrogens with one attached hydrogen (secondary N) is 1. The second-order valence-corrected chi connectivity index (χ2v) is 8.57. The minimum Gasteiger partial charge on any atom is -0.508 e. The van der Waals surface area contributed by atoms with Crippen molar-refractivity contribution in [3.05, 3.63) is 70.2 Å². The fourth-order valence-corrected chi connectivity index (χ4v) is 4.06. The van der Waals surface area contributed by atoms with Crippen molar-refractivity contribution in [1.29, 1.82) is 10.5 Å². The van der Waals surface area contributed by atoms with Gasteiger partial charge in [0.2, 0.25) is 5.91 Å². The molecule has 1 unspecified atom stereocenters. The maximum atomic E-state index is 12.6. The zero-order chi connectivity index (χ0) is 23.3. The van der Waals surface area contributed by atoms with Crippen molar-refractivity contribution in [2.45, 2.75) is 23.7 Å². The van der Waals surface area contributed by atoms with Crippen molar-refractivity contribution in [3.63, 3.8) is 0 Å². The SMILES string of the molecule is CC(Sc1nc(N)c(C#N)c(-c2cccc(O)c2)c1C#N)C(=O)NCc1ccc(Cl)cc1. The first-order valence-corrected chi connectivity index (χ1v) is 10.7. The molecule has 4 N–H and O–H groups in total. The molecule has 0 spiro atoms. The van der Waals surface area contributed by atoms with Gasteiger partial charge in [-0.1, -0.05) is 47.6 Å². The van der Waals surface area contributed by atoms with Crippen LogP contribution in [0.2, 0.25) is 5.02 Å². The van der Waals surface area contributed by atoms with E-state index in [4.69, 9.17) is 17.3 Å². The average Bonchev–Trinajstić information content (AvgIpc) is 2.78. The Kier molecular flexibility index (Phi) is 7.21. The van der Waals surface area contributed by atoms with E-state index in [2.05, 4.69) is 16.4 Å². The number of carbonyl (C=O) groups is 1. The van der Waals surface area contributed by atoms with Gasteiger partial charge in [-0.25, -0.2) is 4.98 Å². The molecule has 7 nitrogen and oxygen atoms in total. The second kappa shape index (κ2) is 10.1. The summed E-state index contributed by atoms with van der Waals surface area (Å²) in [4.78, 5) is 16.8. The van der Waals surface area contributed by atoms with E-state index in [1.54, 1.807) is 31.2 Å². The number of halogens is 1. The topological polar surface area (TPSA) is 136 Å². The summed E-state index contributed by atoms with van der Waals surface area (Å²) in [6.07, 6.45) is 0. The molecule has 1 aromatic heterocycles. The highest BCUT2D eigenvalue weighted by molar-refractivity contribution is 8.00. The Morgan fingerprint density at radius 2 is 1.91 bits per heavy atom. The molecule has 0 fully saturated rings. The van der Waals surface area contributed by atoms with Gasteiger partial charge < -0.3 is 16.2 Å². The molecule has 3 aromatic rings. The Morgan fingerprint density at radius 3 is 2.53 bits per heavy atom. The van der Waals surface area contributed by atoms with Gasteiger partial charge in [-0.15, -0.1) is 0 Å². The lowest BCUT2D eigenvalue weighted by Gasteiger charge is -2.16. The molecule has 0 aliphatic rings. The van der Waals surface area contributed by atoms with Gasteiger partial charge in [0, 0.05) is 17.1 Å². The highest BCUT2D eigenvalue weighted by Crippen LogP contribution is 2.37. The molecule has 3 rings (SSSR count). The number of nitrogens with two attached hydrogens (primary N) is 1. The molecule has 160 valence electrons. The number of rotatable bonds is 6. The zero-order valence-electron chi connectivity index (χ0n) is 17.0. The van der Waals surface area contributed by atoms with Crippen LogP contribution in [0.25, 0.3) is 11.1 Å². The Labute approximate surface area is 194 Å². The molecule has 1 heterocycles. The van der Waals surface area contributed by atoms with Gasteiger partial charge in [0.15, 0.2) is 0 Å². The Morgan fingerprint density at radius 1 is 1.22 bits per heavy atom. The predicted molar refractivity (Wildman–Crippen MR) is 124 cm³/mol. The number of thioether (sulfide) groups is 1. The number of phenols is 1. The lowest BCUT2D eigenvalue weighted by atomic mass is 9.97. The minimum atomic E-state index is -0.591. The Hall–Kier alpha value is -3.72. The van der Waals surface area contributed by atoms with Gasteiger partial charge in [-0.2, -0.15) is 10.5 Å². The van der Waals surface area contributed by atoms with E-state index in [1.165, 1.54) is 12.1 Å². The molecule has 1 amide bonds. The van der Waals surface area contributed by atoms with Crippen molar-refractivity contribution >= 4 is 35.1 Å². The fourth-order valence-electron chi connectivity index (χ4n) is 2.99. The van der Waals surface area contributed by atoms with E-state index in [0.717, 1.165) is 17.3 Å². The first-order valence-electron chi connectivity index (χ1n) is 9.46. The van der Waals surface area contributed by atoms with Crippen molar-refractivity contribution < 1.29 is 9.90 Å². The fraction of sp³-hybridized carbons (Fsp3) is 0.130. The van der Waals surface area contributed by atoms with Crippen molar-refractivity contribution in [1.82, 2.24) is 10.3 Å². The number of nitrogen functional groups attached to an aromatic ring is 1. The van der Waals surface area contributed by atoms with Crippen LogP contribution in [0.5, 0.6) is 5.75 Å². The maximum Gasteiger partial charge on any atom is 0.233 e. The summed E-state index contributed by atoms with van der Waals surface area (Å²) in [6.45, 7) is 2.01. The molecule has 32 heavy (non-hydrogen) atoms. The van der Waals surface area contributed by atoms with Crippen LogP contribution in [0.1, 0.15) is 23.6 Å². The summed E-state index contributed by atoms with van der Waals surface area (Å²) in [7, 11) is 0. The summed E-state index contributed by atoms with van der Waals surface area (Å²) in [5.41, 5.74) is 7.77. The summed E-state index contributed by atoms with van der Waals surface area (Å²) < 4.78 is 0. The molecular formula is C23H18ClN5O2S. The number of pyridine rings is 1. The monoisotopic (exact) mass is 463 g/mol. The number of amides is 1. The van der Waals surface area contributed by atoms with Crippen LogP contribution in [-0.4, -0.2) is 21.2 Å². The van der Waals surface area contributed by atoms with E-state index in [9.17, 15) is 20.4 Å². The summed E-state index contributed by atoms with van der Waals surface area (Å²) >= 11 is 6.94. The number of nitrogens with zero attached hydrogens (tertiary/aromatic N) is 3. The van der Waals surface area contributed by atoms with Gasteiger partial charge in [-0.05, 0) is 42.3 Å². The van der Waals surface area contributed by atoms with E-state index in [0.29, 0.717) is 17.1 Å². The standard InChI is InChI=1S/C23H18ClN5O2S/c1-13(22(31)28-12-14-5-7-16(24)8-6-14)32-23-19(11-26)20(18(10-25)21(27)29-23)15-3-2-4-17(30)9-15/h2-9,13,30H,12H2,1H3,(H2,27,29)(H,28,31). The van der Waals surface area contributed by atoms with E-state index in [1.807, 2.05) is 18.2 Å². The summed E-state index contributed by atoms with van der Waals surface area (Å²) in [5.74, 6) is -0.326. The quantitative estimate of drug-likeness (QED) is 0.465. The summed E-state index contributed by atoms with van der Waals surface area (Å²) in [6, 6.07) is 17.4. The van der Waals surface area contributed by atoms with Crippen molar-refractivity contribution in [3.8, 4) is 29.0 Å². The van der Waals surface area contributed by atoms with Crippen LogP contribution >= 0.6 is 23.4 Å². The molecule has 0 saturated heterocycles. The molecule has 9 heteroatoms. The molecule has 0 bridgehead atoms. The molecule has 0 aliphatic carbocycles. The molecule has 2 aromatic carbocycles. The van der Waals surface area contributed by atoms with Gasteiger partial charge in [0.1, 0.15) is 34.3 Å². The maximum absolute atomic E-state index is 12.6. The van der Waals surface area contributed by atoms with E-state index in [-0.39, 0.29) is 39.2 Å². The number of phenolic OH excluding ortho intramolecular Hbond substituents is 1. The normalized spacial score (nSPS) is 11.2. The Bertz CT molecular complexity index is 1250. The van der Waals surface area contributed by atoms with Crippen LogP contribution < -0.4 is 11.1 Å². The van der Waals surface area contributed by atoms with Crippen LogP contribution in [-0.2, 0) is 11.3 Å². The smallest absolute Gasteiger partial charge is 0.233 e. The third-order valence-corrected chi connectivity index (χ3v) is 5.93. The highest BCUT2D eigenvalue weighted by Gasteiger charge is 2.24. The second-order valence-electron chi connectivity index (χ2n) is 6.81. The van der Waals surface area contributed by atoms with Crippen molar-refractivity contribution in [2.24, 2.45) is 0 Å². The van der Waals surface area contributed by atoms with Gasteiger partial charge in [0.25, 0.3) is 0 Å². The van der Waals surface area contributed by atoms with Crippen LogP contribution in [0.3, 0.4) is 0 Å². The van der Waals surface area contributed by atoms with E-state index >= 15 is 0 Å². The Balaban J connectivity index is 1.89. The highest BCUT2D eigenvalue weighted by atomic mass is 35.5. The number of aromatic nitrogens is 1. The first kappa shape index (κ1) is 23.0. The van der Waals surface area contributed by atoms with Gasteiger partial charge in [-0.3, -0.25) is 4.79 Å². The summed E-state index contributed by atoms with van der Waals surface area (Å²) in [5, 5.41) is 32.4. The molecule has 0 saturated carbocycles. The minimum absolute atomic E-state index is 0.0187. The lowest BCUT2D eigenvalue weighted by molar-refractivity contribution is -0.120. The van der Waals surface area contributed by atoms with Crippen LogP contribution in [0, 0.1) is 22.7 Å². The van der Waals surface area contributed by atoms with Crippen molar-refractivity contribution in [2.75, 3.05) is 5.73 Å². The van der Waals surface area contributed by atoms with Gasteiger partial charge in [0.05, 0.1) is 10.8 Å². The molecular weight excluding hydrogens is 446 g/mol. The third-order valence-electron chi connectivity index (χ3n) is 4.59. The number of carbonyl (C=O) groups excluding carboxylic acids is 1. The largest absolute Gasteiger partial charge is 0.508 e. The molecule has 1 atom stereocenters. The van der Waals surface area contributed by atoms with Crippen LogP contribution in [0.15, 0.2) is 53.6 Å². The number of nitriles is 2. The zero-order valence-corrected chi connectivity index (χ0v) is 18.5. The third kappa shape index (κ3) is 5.12. The van der Waals surface area contributed by atoms with Gasteiger partial charge >= 0.3 is 0 Å². The molecule has 0 radical (unpaired) electrons. The average molecular weight is 464 g/mol.